The van der Waals surface area contributed by atoms with Crippen molar-refractivity contribution in [1.82, 2.24) is 14.8 Å². The molecule has 5 rings (SSSR count). The fraction of sp³-hybridized carbons (Fsp3) is 0.261. The van der Waals surface area contributed by atoms with E-state index in [0.717, 1.165) is 16.8 Å². The predicted molar refractivity (Wildman–Crippen MR) is 118 cm³/mol. The number of carbonyl (C=O) groups is 1. The second kappa shape index (κ2) is 7.60. The van der Waals surface area contributed by atoms with Crippen LogP contribution in [0.15, 0.2) is 53.7 Å². The number of benzene rings is 2. The van der Waals surface area contributed by atoms with Crippen LogP contribution in [0.1, 0.15) is 35.9 Å². The van der Waals surface area contributed by atoms with E-state index < -0.39 is 6.04 Å². The summed E-state index contributed by atoms with van der Waals surface area (Å²) in [6.45, 7) is 0. The minimum absolute atomic E-state index is 0.00611. The molecule has 0 amide bonds. The molecule has 1 aliphatic heterocycles. The summed E-state index contributed by atoms with van der Waals surface area (Å²) >= 11 is 0. The van der Waals surface area contributed by atoms with E-state index in [4.69, 9.17) is 15.2 Å². The van der Waals surface area contributed by atoms with E-state index in [1.165, 1.54) is 0 Å². The van der Waals surface area contributed by atoms with Gasteiger partial charge in [0.05, 0.1) is 14.2 Å². The number of phenols is 1. The average Bonchev–Trinajstić information content (AvgIpc) is 3.16. The number of nitrogens with two attached hydrogens (primary N) is 1. The van der Waals surface area contributed by atoms with Gasteiger partial charge in [-0.1, -0.05) is 18.2 Å². The third kappa shape index (κ3) is 3.22. The Bertz CT molecular complexity index is 1250. The summed E-state index contributed by atoms with van der Waals surface area (Å²) in [6.07, 6.45) is 0.948. The minimum Gasteiger partial charge on any atom is -0.508 e. The second-order valence-electron chi connectivity index (χ2n) is 7.90. The number of Topliss-reactive ketones (excluding diaryl/α,β-unsaturated/α-hetero) is 1. The number of allylic oxidation sites excluding steroid dienone is 2. The molecule has 9 nitrogen and oxygen atoms in total. The summed E-state index contributed by atoms with van der Waals surface area (Å²) in [6, 6.07) is 12.0. The molecule has 0 radical (unpaired) electrons. The number of phenolic OH excluding ortho intramolecular Hbond substituents is 1. The van der Waals surface area contributed by atoms with Crippen molar-refractivity contribution in [3.8, 4) is 17.2 Å². The molecule has 1 aliphatic carbocycles. The van der Waals surface area contributed by atoms with Crippen LogP contribution < -0.4 is 20.5 Å². The maximum Gasteiger partial charge on any atom is 0.241 e. The van der Waals surface area contributed by atoms with Crippen LogP contribution in [0.2, 0.25) is 0 Å². The smallest absolute Gasteiger partial charge is 0.241 e. The number of rotatable bonds is 4. The first kappa shape index (κ1) is 19.9. The van der Waals surface area contributed by atoms with Gasteiger partial charge in [0.1, 0.15) is 11.8 Å². The van der Waals surface area contributed by atoms with Gasteiger partial charge in [-0.15, -0.1) is 5.10 Å². The van der Waals surface area contributed by atoms with Crippen LogP contribution in [0.25, 0.3) is 0 Å². The number of nitrogen functional groups attached to an aromatic ring is 1. The molecule has 32 heavy (non-hydrogen) atoms. The Balaban J connectivity index is 1.58. The van der Waals surface area contributed by atoms with Crippen molar-refractivity contribution in [2.24, 2.45) is 0 Å². The van der Waals surface area contributed by atoms with Crippen molar-refractivity contribution in [3.05, 3.63) is 64.9 Å². The highest BCUT2D eigenvalue weighted by atomic mass is 16.5. The highest BCUT2D eigenvalue weighted by molar-refractivity contribution is 6.00. The molecule has 4 N–H and O–H groups in total. The molecule has 3 aromatic rings. The number of fused-ring (bicyclic) bond motifs is 1. The quantitative estimate of drug-likeness (QED) is 0.574. The second-order valence-corrected chi connectivity index (χ2v) is 7.90. The molecule has 164 valence electrons. The van der Waals surface area contributed by atoms with Crippen LogP contribution in [0.3, 0.4) is 0 Å². The third-order valence-electron chi connectivity index (χ3n) is 6.00. The van der Waals surface area contributed by atoms with Gasteiger partial charge in [-0.2, -0.15) is 4.98 Å². The average molecular weight is 433 g/mol. The largest absolute Gasteiger partial charge is 0.508 e. The van der Waals surface area contributed by atoms with Gasteiger partial charge in [0, 0.05) is 17.7 Å². The molecule has 0 saturated heterocycles. The number of hydrogen-bond donors (Lipinski definition) is 3. The van der Waals surface area contributed by atoms with Crippen molar-refractivity contribution in [3.63, 3.8) is 0 Å². The fourth-order valence-electron chi connectivity index (χ4n) is 4.57. The third-order valence-corrected chi connectivity index (χ3v) is 6.00. The summed E-state index contributed by atoms with van der Waals surface area (Å²) in [5, 5.41) is 17.6. The minimum atomic E-state index is -0.517. The molecule has 2 heterocycles. The van der Waals surface area contributed by atoms with E-state index in [1.54, 1.807) is 37.1 Å². The Morgan fingerprint density at radius 2 is 1.91 bits per heavy atom. The van der Waals surface area contributed by atoms with E-state index in [9.17, 15) is 9.90 Å². The van der Waals surface area contributed by atoms with E-state index in [0.29, 0.717) is 35.9 Å². The summed E-state index contributed by atoms with van der Waals surface area (Å²) in [5.74, 6) is 1.93. The van der Waals surface area contributed by atoms with Crippen LogP contribution in [-0.4, -0.2) is 39.9 Å². The maximum absolute atomic E-state index is 13.5. The van der Waals surface area contributed by atoms with Gasteiger partial charge in [0.2, 0.25) is 11.9 Å². The Morgan fingerprint density at radius 1 is 1.09 bits per heavy atom. The van der Waals surface area contributed by atoms with Gasteiger partial charge in [-0.3, -0.25) is 4.79 Å². The van der Waals surface area contributed by atoms with Crippen molar-refractivity contribution in [2.45, 2.75) is 24.8 Å². The lowest BCUT2D eigenvalue weighted by molar-refractivity contribution is -0.116. The first-order valence-electron chi connectivity index (χ1n) is 10.2. The van der Waals surface area contributed by atoms with E-state index >= 15 is 0 Å². The first-order chi connectivity index (χ1) is 15.5. The Hall–Kier alpha value is -4.01. The number of methoxy groups -OCH3 is 2. The number of ether oxygens (including phenoxy) is 2. The number of aromatic nitrogens is 3. The van der Waals surface area contributed by atoms with Gasteiger partial charge in [-0.05, 0) is 47.7 Å². The van der Waals surface area contributed by atoms with E-state index in [1.807, 2.05) is 24.3 Å². The maximum atomic E-state index is 13.5. The summed E-state index contributed by atoms with van der Waals surface area (Å²) < 4.78 is 12.4. The topological polar surface area (TPSA) is 125 Å². The molecule has 2 unspecified atom stereocenters. The Morgan fingerprint density at radius 3 is 2.66 bits per heavy atom. The van der Waals surface area contributed by atoms with Crippen molar-refractivity contribution < 1.29 is 19.4 Å². The van der Waals surface area contributed by atoms with Crippen LogP contribution in [0, 0.1) is 0 Å². The van der Waals surface area contributed by atoms with Crippen molar-refractivity contribution in [2.75, 3.05) is 25.3 Å². The molecule has 1 aromatic heterocycles. The number of carbonyl (C=O) groups excluding carboxylic acids is 1. The highest BCUT2D eigenvalue weighted by Crippen LogP contribution is 2.45. The Labute approximate surface area is 184 Å². The standard InChI is InChI=1S/C23H23N5O4/c1-31-18-7-6-12(11-19(18)32-2)14-9-16-20(17(30)10-14)21(13-4-3-5-15(29)8-13)28-23(25-16)26-22(24)27-28/h3-8,11,14,21,29H,9-10H2,1-2H3,(H3,24,25,26,27). The lowest BCUT2D eigenvalue weighted by Gasteiger charge is -2.35. The van der Waals surface area contributed by atoms with Gasteiger partial charge >= 0.3 is 0 Å². The van der Waals surface area contributed by atoms with Crippen LogP contribution in [0.5, 0.6) is 17.2 Å². The summed E-state index contributed by atoms with van der Waals surface area (Å²) in [7, 11) is 3.18. The number of aromatic hydroxyl groups is 1. The molecule has 0 spiro atoms. The van der Waals surface area contributed by atoms with Crippen LogP contribution >= 0.6 is 0 Å². The summed E-state index contributed by atoms with van der Waals surface area (Å²) in [4.78, 5) is 17.8. The molecule has 9 heteroatoms. The molecular weight excluding hydrogens is 410 g/mol. The molecule has 2 aromatic carbocycles. The van der Waals surface area contributed by atoms with E-state index in [2.05, 4.69) is 15.4 Å². The fourth-order valence-corrected chi connectivity index (χ4v) is 4.57. The number of ketones is 1. The molecule has 0 saturated carbocycles. The lowest BCUT2D eigenvalue weighted by atomic mass is 9.78. The van der Waals surface area contributed by atoms with Gasteiger partial charge in [-0.25, -0.2) is 4.68 Å². The molecule has 0 fully saturated rings. The van der Waals surface area contributed by atoms with Crippen molar-refractivity contribution in [1.29, 1.82) is 0 Å². The zero-order valence-corrected chi connectivity index (χ0v) is 17.7. The van der Waals surface area contributed by atoms with Crippen LogP contribution in [0.4, 0.5) is 11.9 Å². The number of nitrogens with one attached hydrogen (secondary N) is 1. The monoisotopic (exact) mass is 433 g/mol. The predicted octanol–water partition coefficient (Wildman–Crippen LogP) is 3.00. The molecule has 0 bridgehead atoms. The van der Waals surface area contributed by atoms with Gasteiger partial charge in [0.25, 0.3) is 0 Å². The highest BCUT2D eigenvalue weighted by Gasteiger charge is 2.39. The first-order valence-corrected chi connectivity index (χ1v) is 10.2. The summed E-state index contributed by atoms with van der Waals surface area (Å²) in [5.41, 5.74) is 9.00. The Kier molecular flexibility index (Phi) is 4.73. The molecular formula is C23H23N5O4. The lowest BCUT2D eigenvalue weighted by Crippen LogP contribution is -2.33. The van der Waals surface area contributed by atoms with E-state index in [-0.39, 0.29) is 23.4 Å². The van der Waals surface area contributed by atoms with Crippen LogP contribution in [-0.2, 0) is 4.79 Å². The van der Waals surface area contributed by atoms with Gasteiger partial charge < -0.3 is 25.6 Å². The SMILES string of the molecule is COc1ccc(C2CC(=O)C3=C(C2)Nc2nc(N)nn2C3c2cccc(O)c2)cc1OC. The number of hydrogen-bond acceptors (Lipinski definition) is 8. The van der Waals surface area contributed by atoms with Gasteiger partial charge in [0.15, 0.2) is 17.3 Å². The number of anilines is 2. The van der Waals surface area contributed by atoms with Crippen molar-refractivity contribution >= 4 is 17.7 Å². The zero-order chi connectivity index (χ0) is 22.4. The zero-order valence-electron chi connectivity index (χ0n) is 17.7. The molecule has 2 aliphatic rings. The molecule has 2 atom stereocenters. The normalized spacial score (nSPS) is 19.8. The number of nitrogens with zero attached hydrogens (tertiary/aromatic N) is 3.